The van der Waals surface area contributed by atoms with Gasteiger partial charge in [0.05, 0.1) is 6.20 Å². The zero-order valence-electron chi connectivity index (χ0n) is 13.5. The molecule has 1 fully saturated rings. The standard InChI is InChI=1S/C18H22N4O/c1-12(19-2)14-8-9-15(14)16-11-21-22-17(16)18(23)20-10-13-6-4-3-5-7-13/h3-7,11,14-15H,8-10H2,1-2H3,(H,20,23)(H,21,22)/t14?,15-/m1/s1. The lowest BCUT2D eigenvalue weighted by Crippen LogP contribution is -2.32. The summed E-state index contributed by atoms with van der Waals surface area (Å²) in [6.07, 6.45) is 4.00. The number of amides is 1. The highest BCUT2D eigenvalue weighted by Crippen LogP contribution is 2.44. The van der Waals surface area contributed by atoms with Gasteiger partial charge in [0, 0.05) is 30.8 Å². The Kier molecular flexibility index (Phi) is 4.55. The number of aromatic nitrogens is 2. The van der Waals surface area contributed by atoms with E-state index in [9.17, 15) is 4.79 Å². The first-order valence-corrected chi connectivity index (χ1v) is 7.99. The Bertz CT molecular complexity index is 705. The van der Waals surface area contributed by atoms with E-state index in [1.807, 2.05) is 37.4 Å². The molecule has 2 aromatic rings. The van der Waals surface area contributed by atoms with Gasteiger partial charge in [0.2, 0.25) is 0 Å². The van der Waals surface area contributed by atoms with Crippen LogP contribution in [0.4, 0.5) is 0 Å². The number of H-pyrrole nitrogens is 1. The predicted molar refractivity (Wildman–Crippen MR) is 90.7 cm³/mol. The van der Waals surface area contributed by atoms with Gasteiger partial charge >= 0.3 is 0 Å². The molecule has 0 saturated heterocycles. The third kappa shape index (κ3) is 3.18. The lowest BCUT2D eigenvalue weighted by Gasteiger charge is -2.36. The molecule has 1 amide bonds. The van der Waals surface area contributed by atoms with Gasteiger partial charge in [0.1, 0.15) is 5.69 Å². The van der Waals surface area contributed by atoms with Crippen LogP contribution in [0.2, 0.25) is 0 Å². The summed E-state index contributed by atoms with van der Waals surface area (Å²) in [6.45, 7) is 2.58. The number of aliphatic imine (C=N–C) groups is 1. The minimum atomic E-state index is -0.0990. The van der Waals surface area contributed by atoms with Crippen molar-refractivity contribution in [3.8, 4) is 0 Å². The van der Waals surface area contributed by atoms with Gasteiger partial charge in [-0.1, -0.05) is 30.3 Å². The van der Waals surface area contributed by atoms with Crippen molar-refractivity contribution in [2.75, 3.05) is 7.05 Å². The van der Waals surface area contributed by atoms with Gasteiger partial charge in [-0.2, -0.15) is 5.10 Å². The molecule has 3 rings (SSSR count). The van der Waals surface area contributed by atoms with E-state index in [1.54, 1.807) is 6.20 Å². The average molecular weight is 310 g/mol. The second-order valence-corrected chi connectivity index (χ2v) is 6.02. The maximum Gasteiger partial charge on any atom is 0.269 e. The Morgan fingerprint density at radius 3 is 2.78 bits per heavy atom. The molecule has 23 heavy (non-hydrogen) atoms. The largest absolute Gasteiger partial charge is 0.347 e. The van der Waals surface area contributed by atoms with E-state index in [0.717, 1.165) is 29.7 Å². The highest BCUT2D eigenvalue weighted by Gasteiger charge is 2.37. The normalized spacial score (nSPS) is 20.9. The lowest BCUT2D eigenvalue weighted by molar-refractivity contribution is 0.0943. The summed E-state index contributed by atoms with van der Waals surface area (Å²) in [5.41, 5.74) is 3.82. The summed E-state index contributed by atoms with van der Waals surface area (Å²) in [5.74, 6) is 0.672. The number of nitrogens with one attached hydrogen (secondary N) is 2. The van der Waals surface area contributed by atoms with Gasteiger partial charge in [-0.3, -0.25) is 14.9 Å². The van der Waals surface area contributed by atoms with E-state index < -0.39 is 0 Å². The van der Waals surface area contributed by atoms with Crippen LogP contribution in [0.25, 0.3) is 0 Å². The number of hydrogen-bond donors (Lipinski definition) is 2. The molecule has 120 valence electrons. The maximum absolute atomic E-state index is 12.5. The van der Waals surface area contributed by atoms with E-state index >= 15 is 0 Å². The number of aromatic amines is 1. The molecule has 2 N–H and O–H groups in total. The highest BCUT2D eigenvalue weighted by molar-refractivity contribution is 5.94. The third-order valence-electron chi connectivity index (χ3n) is 4.75. The van der Waals surface area contributed by atoms with E-state index in [2.05, 4.69) is 27.4 Å². The van der Waals surface area contributed by atoms with Crippen LogP contribution in [0.15, 0.2) is 41.5 Å². The molecule has 1 aromatic heterocycles. The van der Waals surface area contributed by atoms with Gasteiger partial charge in [0.25, 0.3) is 5.91 Å². The van der Waals surface area contributed by atoms with Crippen LogP contribution in [0.3, 0.4) is 0 Å². The minimum absolute atomic E-state index is 0.0990. The third-order valence-corrected chi connectivity index (χ3v) is 4.75. The Balaban J connectivity index is 1.70. The molecule has 0 aliphatic heterocycles. The zero-order valence-corrected chi connectivity index (χ0v) is 13.5. The number of carbonyl (C=O) groups excluding carboxylic acids is 1. The van der Waals surface area contributed by atoms with E-state index in [4.69, 9.17) is 0 Å². The second kappa shape index (κ2) is 6.77. The molecule has 0 bridgehead atoms. The van der Waals surface area contributed by atoms with Crippen molar-refractivity contribution >= 4 is 11.6 Å². The van der Waals surface area contributed by atoms with Crippen molar-refractivity contribution < 1.29 is 4.79 Å². The van der Waals surface area contributed by atoms with E-state index in [0.29, 0.717) is 24.1 Å². The van der Waals surface area contributed by atoms with Crippen molar-refractivity contribution in [2.24, 2.45) is 10.9 Å². The Morgan fingerprint density at radius 2 is 2.13 bits per heavy atom. The monoisotopic (exact) mass is 310 g/mol. The fraction of sp³-hybridized carbons (Fsp3) is 0.389. The van der Waals surface area contributed by atoms with Gasteiger partial charge in [-0.15, -0.1) is 0 Å². The molecule has 0 spiro atoms. The van der Waals surface area contributed by atoms with Crippen LogP contribution in [-0.4, -0.2) is 28.9 Å². The quantitative estimate of drug-likeness (QED) is 0.834. The van der Waals surface area contributed by atoms with Crippen molar-refractivity contribution in [2.45, 2.75) is 32.2 Å². The summed E-state index contributed by atoms with van der Waals surface area (Å²) in [6, 6.07) is 9.89. The molecule has 1 saturated carbocycles. The fourth-order valence-electron chi connectivity index (χ4n) is 3.16. The first-order valence-electron chi connectivity index (χ1n) is 7.99. The number of carbonyl (C=O) groups is 1. The molecule has 5 heteroatoms. The molecule has 1 unspecified atom stereocenters. The Labute approximate surface area is 136 Å². The van der Waals surface area contributed by atoms with E-state index in [-0.39, 0.29) is 5.91 Å². The van der Waals surface area contributed by atoms with E-state index in [1.165, 1.54) is 0 Å². The summed E-state index contributed by atoms with van der Waals surface area (Å²) < 4.78 is 0. The van der Waals surface area contributed by atoms with Gasteiger partial charge in [0.15, 0.2) is 0 Å². The molecule has 1 aliphatic rings. The molecule has 1 heterocycles. The van der Waals surface area contributed by atoms with Gasteiger partial charge in [-0.05, 0) is 31.2 Å². The highest BCUT2D eigenvalue weighted by atomic mass is 16.1. The van der Waals surface area contributed by atoms with Crippen LogP contribution in [0.1, 0.15) is 47.3 Å². The molecule has 0 radical (unpaired) electrons. The molecule has 1 aliphatic carbocycles. The molecule has 5 nitrogen and oxygen atoms in total. The number of rotatable bonds is 5. The topological polar surface area (TPSA) is 70.1 Å². The first kappa shape index (κ1) is 15.5. The fourth-order valence-corrected chi connectivity index (χ4v) is 3.16. The van der Waals surface area contributed by atoms with Crippen molar-refractivity contribution in [3.63, 3.8) is 0 Å². The first-order chi connectivity index (χ1) is 11.2. The second-order valence-electron chi connectivity index (χ2n) is 6.02. The molecule has 2 atom stereocenters. The number of benzene rings is 1. The minimum Gasteiger partial charge on any atom is -0.347 e. The van der Waals surface area contributed by atoms with Crippen LogP contribution < -0.4 is 5.32 Å². The summed E-state index contributed by atoms with van der Waals surface area (Å²) in [7, 11) is 1.83. The number of hydrogen-bond acceptors (Lipinski definition) is 3. The van der Waals surface area contributed by atoms with Gasteiger partial charge < -0.3 is 5.32 Å². The smallest absolute Gasteiger partial charge is 0.269 e. The summed E-state index contributed by atoms with van der Waals surface area (Å²) in [4.78, 5) is 16.8. The van der Waals surface area contributed by atoms with Crippen molar-refractivity contribution in [3.05, 3.63) is 53.3 Å². The Morgan fingerprint density at radius 1 is 1.35 bits per heavy atom. The van der Waals surface area contributed by atoms with Crippen LogP contribution in [0, 0.1) is 5.92 Å². The van der Waals surface area contributed by atoms with Crippen LogP contribution >= 0.6 is 0 Å². The van der Waals surface area contributed by atoms with Crippen LogP contribution in [0.5, 0.6) is 0 Å². The SMILES string of the molecule is CN=C(C)C1CC[C@H]1c1cn[nH]c1C(=O)NCc1ccccc1. The average Bonchev–Trinajstić information content (AvgIpc) is 3.01. The van der Waals surface area contributed by atoms with Crippen LogP contribution in [-0.2, 0) is 6.54 Å². The zero-order chi connectivity index (χ0) is 16.2. The Hall–Kier alpha value is -2.43. The summed E-state index contributed by atoms with van der Waals surface area (Å²) in [5, 5.41) is 9.92. The molecular weight excluding hydrogens is 288 g/mol. The van der Waals surface area contributed by atoms with Crippen molar-refractivity contribution in [1.29, 1.82) is 0 Å². The lowest BCUT2D eigenvalue weighted by atomic mass is 9.68. The summed E-state index contributed by atoms with van der Waals surface area (Å²) >= 11 is 0. The van der Waals surface area contributed by atoms with Crippen molar-refractivity contribution in [1.82, 2.24) is 15.5 Å². The maximum atomic E-state index is 12.5. The molecular formula is C18H22N4O. The number of nitrogens with zero attached hydrogens (tertiary/aromatic N) is 2. The van der Waals surface area contributed by atoms with Gasteiger partial charge in [-0.25, -0.2) is 0 Å². The predicted octanol–water partition coefficient (Wildman–Crippen LogP) is 2.92. The molecule has 1 aromatic carbocycles.